The Morgan fingerprint density at radius 2 is 1.95 bits per heavy atom. The fourth-order valence-corrected chi connectivity index (χ4v) is 2.15. The third-order valence-corrected chi connectivity index (χ3v) is 3.23. The van der Waals surface area contributed by atoms with Gasteiger partial charge >= 0.3 is 0 Å². The van der Waals surface area contributed by atoms with Crippen LogP contribution in [-0.2, 0) is 0 Å². The number of nitrogens with one attached hydrogen (secondary N) is 1. The summed E-state index contributed by atoms with van der Waals surface area (Å²) >= 11 is 0. The van der Waals surface area contributed by atoms with E-state index in [4.69, 9.17) is 4.42 Å². The lowest BCUT2D eigenvalue weighted by Gasteiger charge is -2.11. The Hall–Kier alpha value is -2.89. The van der Waals surface area contributed by atoms with Crippen LogP contribution in [0.1, 0.15) is 18.5 Å². The number of para-hydroxylation sites is 1. The summed E-state index contributed by atoms with van der Waals surface area (Å²) in [7, 11) is 0. The second-order valence-electron chi connectivity index (χ2n) is 4.68. The molecule has 0 aliphatic heterocycles. The maximum absolute atomic E-state index is 11.0. The minimum Gasteiger partial charge on any atom is -0.423 e. The highest BCUT2D eigenvalue weighted by atomic mass is 16.6. The molecule has 0 spiro atoms. The van der Waals surface area contributed by atoms with E-state index in [0.29, 0.717) is 5.58 Å². The molecule has 21 heavy (non-hydrogen) atoms. The predicted molar refractivity (Wildman–Crippen MR) is 79.1 cm³/mol. The number of non-ortho nitro benzene ring substituents is 1. The molecule has 3 aromatic rings. The molecule has 6 heteroatoms. The standard InChI is InChI=1S/C15H13N3O3/c1-10(11-6-3-2-4-7-11)16-15-17-14-12(18(19)20)8-5-9-13(14)21-15/h2-10H,1H3,(H,16,17). The van der Waals surface area contributed by atoms with Gasteiger partial charge in [0.05, 0.1) is 11.0 Å². The van der Waals surface area contributed by atoms with Crippen molar-refractivity contribution < 1.29 is 9.34 Å². The second-order valence-corrected chi connectivity index (χ2v) is 4.68. The number of hydrogen-bond donors (Lipinski definition) is 1. The molecular formula is C15H13N3O3. The van der Waals surface area contributed by atoms with Crippen LogP contribution in [0.4, 0.5) is 11.7 Å². The molecule has 0 radical (unpaired) electrons. The van der Waals surface area contributed by atoms with E-state index in [0.717, 1.165) is 5.56 Å². The number of nitrogens with zero attached hydrogens (tertiary/aromatic N) is 2. The van der Waals surface area contributed by atoms with Gasteiger partial charge in [-0.2, -0.15) is 4.98 Å². The van der Waals surface area contributed by atoms with Crippen molar-refractivity contribution in [2.75, 3.05) is 5.32 Å². The zero-order valence-electron chi connectivity index (χ0n) is 11.3. The molecule has 6 nitrogen and oxygen atoms in total. The Balaban J connectivity index is 1.92. The first-order valence-electron chi connectivity index (χ1n) is 6.50. The molecular weight excluding hydrogens is 270 g/mol. The summed E-state index contributed by atoms with van der Waals surface area (Å²) in [5.74, 6) is 0. The van der Waals surface area contributed by atoms with Gasteiger partial charge in [0.2, 0.25) is 0 Å². The molecule has 1 unspecified atom stereocenters. The van der Waals surface area contributed by atoms with Crippen LogP contribution >= 0.6 is 0 Å². The maximum Gasteiger partial charge on any atom is 0.298 e. The molecule has 1 atom stereocenters. The number of hydrogen-bond acceptors (Lipinski definition) is 5. The predicted octanol–water partition coefficient (Wildman–Crippen LogP) is 3.91. The van der Waals surface area contributed by atoms with Gasteiger partial charge in [-0.05, 0) is 18.6 Å². The van der Waals surface area contributed by atoms with Crippen LogP contribution in [0.25, 0.3) is 11.1 Å². The van der Waals surface area contributed by atoms with Gasteiger partial charge in [0.15, 0.2) is 11.1 Å². The van der Waals surface area contributed by atoms with Gasteiger partial charge in [0.25, 0.3) is 11.7 Å². The lowest BCUT2D eigenvalue weighted by Crippen LogP contribution is -2.06. The Kier molecular flexibility index (Phi) is 3.27. The molecule has 0 bridgehead atoms. The normalized spacial score (nSPS) is 12.2. The van der Waals surface area contributed by atoms with Gasteiger partial charge in [-0.3, -0.25) is 10.1 Å². The highest BCUT2D eigenvalue weighted by Gasteiger charge is 2.18. The van der Waals surface area contributed by atoms with Crippen LogP contribution in [0.5, 0.6) is 0 Å². The molecule has 0 amide bonds. The minimum atomic E-state index is -0.463. The van der Waals surface area contributed by atoms with Crippen molar-refractivity contribution in [3.63, 3.8) is 0 Å². The molecule has 3 rings (SSSR count). The summed E-state index contributed by atoms with van der Waals surface area (Å²) in [6.07, 6.45) is 0. The molecule has 0 fully saturated rings. The monoisotopic (exact) mass is 283 g/mol. The lowest BCUT2D eigenvalue weighted by atomic mass is 10.1. The Morgan fingerprint density at radius 1 is 1.19 bits per heavy atom. The molecule has 1 heterocycles. The zero-order valence-corrected chi connectivity index (χ0v) is 11.3. The number of rotatable bonds is 4. The van der Waals surface area contributed by atoms with Gasteiger partial charge in [-0.15, -0.1) is 0 Å². The fourth-order valence-electron chi connectivity index (χ4n) is 2.15. The van der Waals surface area contributed by atoms with Crippen LogP contribution in [0.15, 0.2) is 52.9 Å². The van der Waals surface area contributed by atoms with Crippen molar-refractivity contribution in [1.82, 2.24) is 4.98 Å². The van der Waals surface area contributed by atoms with Crippen molar-refractivity contribution in [3.05, 3.63) is 64.2 Å². The SMILES string of the molecule is CC(Nc1nc2c([N+](=O)[O-])cccc2o1)c1ccccc1. The third kappa shape index (κ3) is 2.55. The number of benzene rings is 2. The summed E-state index contributed by atoms with van der Waals surface area (Å²) in [6.45, 7) is 1.97. The Bertz CT molecular complexity index is 783. The smallest absolute Gasteiger partial charge is 0.298 e. The molecule has 0 aliphatic rings. The Labute approximate surface area is 120 Å². The molecule has 106 valence electrons. The van der Waals surface area contributed by atoms with Crippen LogP contribution < -0.4 is 5.32 Å². The fraction of sp³-hybridized carbons (Fsp3) is 0.133. The summed E-state index contributed by atoms with van der Waals surface area (Å²) in [5.41, 5.74) is 1.67. The summed E-state index contributed by atoms with van der Waals surface area (Å²) in [4.78, 5) is 14.7. The van der Waals surface area contributed by atoms with E-state index in [2.05, 4.69) is 10.3 Å². The quantitative estimate of drug-likeness (QED) is 0.580. The largest absolute Gasteiger partial charge is 0.423 e. The number of nitro benzene ring substituents is 1. The Morgan fingerprint density at radius 3 is 2.67 bits per heavy atom. The molecule has 2 aromatic carbocycles. The van der Waals surface area contributed by atoms with E-state index < -0.39 is 4.92 Å². The summed E-state index contributed by atoms with van der Waals surface area (Å²) in [5, 5.41) is 14.1. The van der Waals surface area contributed by atoms with Crippen molar-refractivity contribution >= 4 is 22.8 Å². The van der Waals surface area contributed by atoms with Gasteiger partial charge < -0.3 is 9.73 Å². The first-order chi connectivity index (χ1) is 10.1. The van der Waals surface area contributed by atoms with Crippen LogP contribution in [0.2, 0.25) is 0 Å². The van der Waals surface area contributed by atoms with E-state index in [1.807, 2.05) is 37.3 Å². The van der Waals surface area contributed by atoms with Gasteiger partial charge in [0.1, 0.15) is 0 Å². The molecule has 0 saturated heterocycles. The molecule has 0 saturated carbocycles. The van der Waals surface area contributed by atoms with E-state index in [9.17, 15) is 10.1 Å². The molecule has 0 aliphatic carbocycles. The number of anilines is 1. The maximum atomic E-state index is 11.0. The van der Waals surface area contributed by atoms with Gasteiger partial charge in [-0.25, -0.2) is 0 Å². The van der Waals surface area contributed by atoms with Crippen molar-refractivity contribution in [2.24, 2.45) is 0 Å². The van der Waals surface area contributed by atoms with E-state index in [-0.39, 0.29) is 23.3 Å². The van der Waals surface area contributed by atoms with E-state index in [1.54, 1.807) is 12.1 Å². The lowest BCUT2D eigenvalue weighted by molar-refractivity contribution is -0.383. The summed E-state index contributed by atoms with van der Waals surface area (Å²) in [6, 6.07) is 14.7. The number of aromatic nitrogens is 1. The van der Waals surface area contributed by atoms with E-state index >= 15 is 0 Å². The van der Waals surface area contributed by atoms with Crippen LogP contribution in [0, 0.1) is 10.1 Å². The average Bonchev–Trinajstić information content (AvgIpc) is 2.89. The van der Waals surface area contributed by atoms with Crippen LogP contribution in [-0.4, -0.2) is 9.91 Å². The molecule has 1 N–H and O–H groups in total. The highest BCUT2D eigenvalue weighted by molar-refractivity contribution is 5.84. The van der Waals surface area contributed by atoms with Gasteiger partial charge in [-0.1, -0.05) is 36.4 Å². The second kappa shape index (κ2) is 5.24. The zero-order chi connectivity index (χ0) is 14.8. The molecule has 1 aromatic heterocycles. The van der Waals surface area contributed by atoms with Crippen molar-refractivity contribution in [2.45, 2.75) is 13.0 Å². The first kappa shape index (κ1) is 13.1. The first-order valence-corrected chi connectivity index (χ1v) is 6.50. The topological polar surface area (TPSA) is 81.2 Å². The third-order valence-electron chi connectivity index (χ3n) is 3.23. The average molecular weight is 283 g/mol. The number of fused-ring (bicyclic) bond motifs is 1. The minimum absolute atomic E-state index is 0.0154. The number of nitro groups is 1. The highest BCUT2D eigenvalue weighted by Crippen LogP contribution is 2.28. The van der Waals surface area contributed by atoms with Crippen molar-refractivity contribution in [1.29, 1.82) is 0 Å². The van der Waals surface area contributed by atoms with Crippen LogP contribution in [0.3, 0.4) is 0 Å². The van der Waals surface area contributed by atoms with Gasteiger partial charge in [0, 0.05) is 6.07 Å². The van der Waals surface area contributed by atoms with E-state index in [1.165, 1.54) is 6.07 Å². The summed E-state index contributed by atoms with van der Waals surface area (Å²) < 4.78 is 5.52. The van der Waals surface area contributed by atoms with Crippen molar-refractivity contribution in [3.8, 4) is 0 Å². The number of oxazole rings is 1.